The molecule has 3 rings (SSSR count). The van der Waals surface area contributed by atoms with Crippen LogP contribution in [0.3, 0.4) is 0 Å². The van der Waals surface area contributed by atoms with E-state index < -0.39 is 0 Å². The molecule has 162 valence electrons. The second-order valence-electron chi connectivity index (χ2n) is 9.02. The molecular weight excluding hydrogens is 384 g/mol. The van der Waals surface area contributed by atoms with E-state index in [9.17, 15) is 4.79 Å². The van der Waals surface area contributed by atoms with E-state index >= 15 is 0 Å². The summed E-state index contributed by atoms with van der Waals surface area (Å²) in [4.78, 5) is 22.1. The van der Waals surface area contributed by atoms with Crippen molar-refractivity contribution in [1.29, 1.82) is 0 Å². The Labute approximate surface area is 181 Å². The Hall–Kier alpha value is -1.14. The number of likely N-dealkylation sites (tertiary alicyclic amines) is 1. The van der Waals surface area contributed by atoms with Crippen LogP contribution in [0.1, 0.15) is 31.2 Å². The molecule has 1 aromatic rings. The number of likely N-dealkylation sites (N-methyl/N-ethyl adjacent to an activating group) is 1. The summed E-state index contributed by atoms with van der Waals surface area (Å²) in [5.74, 6) is 0.862. The Morgan fingerprint density at radius 2 is 2.00 bits per heavy atom. The van der Waals surface area contributed by atoms with Crippen LogP contribution in [0.2, 0.25) is 5.02 Å². The highest BCUT2D eigenvalue weighted by atomic mass is 35.5. The Morgan fingerprint density at radius 1 is 1.17 bits per heavy atom. The van der Waals surface area contributed by atoms with Crippen molar-refractivity contribution in [2.24, 2.45) is 5.92 Å². The third kappa shape index (κ3) is 6.68. The molecule has 0 spiro atoms. The molecule has 1 amide bonds. The lowest BCUT2D eigenvalue weighted by Gasteiger charge is -2.42. The molecule has 0 aromatic heterocycles. The van der Waals surface area contributed by atoms with Crippen LogP contribution in [0.4, 0.5) is 0 Å². The molecule has 2 fully saturated rings. The maximum Gasteiger partial charge on any atom is 0.222 e. The first-order valence-electron chi connectivity index (χ1n) is 11.0. The first-order chi connectivity index (χ1) is 13.9. The van der Waals surface area contributed by atoms with Crippen molar-refractivity contribution in [3.05, 3.63) is 34.9 Å². The van der Waals surface area contributed by atoms with E-state index in [0.717, 1.165) is 70.1 Å². The Morgan fingerprint density at radius 3 is 2.76 bits per heavy atom. The van der Waals surface area contributed by atoms with E-state index in [1.165, 1.54) is 5.56 Å². The highest BCUT2D eigenvalue weighted by Crippen LogP contribution is 2.27. The summed E-state index contributed by atoms with van der Waals surface area (Å²) in [6.45, 7) is 6.94. The minimum absolute atomic E-state index is 0.338. The van der Waals surface area contributed by atoms with E-state index in [2.05, 4.69) is 52.9 Å². The summed E-state index contributed by atoms with van der Waals surface area (Å²) in [6, 6.07) is 8.72. The van der Waals surface area contributed by atoms with Crippen molar-refractivity contribution in [3.8, 4) is 0 Å². The third-order valence-electron chi connectivity index (χ3n) is 6.54. The smallest absolute Gasteiger partial charge is 0.222 e. The number of nitrogens with zero attached hydrogens (tertiary/aromatic N) is 4. The average Bonchev–Trinajstić information content (AvgIpc) is 2.90. The van der Waals surface area contributed by atoms with E-state index in [0.29, 0.717) is 24.3 Å². The lowest BCUT2D eigenvalue weighted by atomic mass is 9.87. The monoisotopic (exact) mass is 420 g/mol. The molecule has 6 heteroatoms. The number of piperidine rings is 1. The number of benzene rings is 1. The fourth-order valence-corrected chi connectivity index (χ4v) is 5.07. The maximum atomic E-state index is 12.9. The third-order valence-corrected chi connectivity index (χ3v) is 6.77. The molecule has 2 atom stereocenters. The first-order valence-corrected chi connectivity index (χ1v) is 11.4. The molecule has 29 heavy (non-hydrogen) atoms. The van der Waals surface area contributed by atoms with Gasteiger partial charge < -0.3 is 14.7 Å². The zero-order chi connectivity index (χ0) is 20.8. The predicted molar refractivity (Wildman–Crippen MR) is 120 cm³/mol. The lowest BCUT2D eigenvalue weighted by molar-refractivity contribution is -0.131. The number of hydrogen-bond donors (Lipinski definition) is 0. The molecule has 5 nitrogen and oxygen atoms in total. The zero-order valence-corrected chi connectivity index (χ0v) is 19.1. The van der Waals surface area contributed by atoms with Crippen LogP contribution in [-0.2, 0) is 11.3 Å². The van der Waals surface area contributed by atoms with Crippen molar-refractivity contribution >= 4 is 17.5 Å². The van der Waals surface area contributed by atoms with Crippen molar-refractivity contribution in [2.45, 2.75) is 38.3 Å². The molecular formula is C23H37ClN4O. The highest BCUT2D eigenvalue weighted by molar-refractivity contribution is 6.30. The van der Waals surface area contributed by atoms with Gasteiger partial charge in [0, 0.05) is 50.2 Å². The van der Waals surface area contributed by atoms with E-state index in [-0.39, 0.29) is 0 Å². The summed E-state index contributed by atoms with van der Waals surface area (Å²) in [7, 11) is 6.50. The normalized spacial score (nSPS) is 24.7. The molecule has 0 N–H and O–H groups in total. The van der Waals surface area contributed by atoms with Gasteiger partial charge in [-0.05, 0) is 77.1 Å². The molecule has 2 saturated heterocycles. The summed E-state index contributed by atoms with van der Waals surface area (Å²) in [5.41, 5.74) is 1.27. The number of carbonyl (C=O) groups is 1. The van der Waals surface area contributed by atoms with Crippen LogP contribution >= 0.6 is 11.6 Å². The number of amides is 1. The summed E-state index contributed by atoms with van der Waals surface area (Å²) in [5, 5.41) is 0.802. The van der Waals surface area contributed by atoms with Gasteiger partial charge in [0.1, 0.15) is 0 Å². The fourth-order valence-electron chi connectivity index (χ4n) is 4.86. The Kier molecular flexibility index (Phi) is 8.36. The number of hydrogen-bond acceptors (Lipinski definition) is 4. The van der Waals surface area contributed by atoms with E-state index in [1.54, 1.807) is 0 Å². The van der Waals surface area contributed by atoms with Crippen LogP contribution in [-0.4, -0.2) is 92.0 Å². The van der Waals surface area contributed by atoms with Crippen LogP contribution in [0.5, 0.6) is 0 Å². The van der Waals surface area contributed by atoms with Crippen LogP contribution in [0, 0.1) is 5.92 Å². The molecule has 0 aliphatic carbocycles. The predicted octanol–water partition coefficient (Wildman–Crippen LogP) is 3.04. The van der Waals surface area contributed by atoms with Gasteiger partial charge in [0.05, 0.1) is 0 Å². The van der Waals surface area contributed by atoms with Crippen LogP contribution < -0.4 is 0 Å². The largest absolute Gasteiger partial charge is 0.341 e. The second-order valence-corrected chi connectivity index (χ2v) is 9.46. The molecule has 2 heterocycles. The summed E-state index contributed by atoms with van der Waals surface area (Å²) < 4.78 is 0. The quantitative estimate of drug-likeness (QED) is 0.707. The number of halogens is 1. The van der Waals surface area contributed by atoms with Gasteiger partial charge in [0.25, 0.3) is 0 Å². The Balaban J connectivity index is 1.56. The van der Waals surface area contributed by atoms with Crippen molar-refractivity contribution in [2.75, 3.05) is 60.4 Å². The van der Waals surface area contributed by atoms with Crippen molar-refractivity contribution < 1.29 is 4.79 Å². The van der Waals surface area contributed by atoms with Gasteiger partial charge in [-0.25, -0.2) is 0 Å². The molecule has 0 unspecified atom stereocenters. The molecule has 0 radical (unpaired) electrons. The SMILES string of the molecule is CN1CCCN(C(=O)CC[C@H]2CN(Cc3cccc(Cl)c3)CC[C@H]2N(C)C)CC1. The van der Waals surface area contributed by atoms with Gasteiger partial charge in [-0.1, -0.05) is 23.7 Å². The van der Waals surface area contributed by atoms with E-state index in [1.807, 2.05) is 12.1 Å². The molecule has 0 bridgehead atoms. The van der Waals surface area contributed by atoms with Crippen LogP contribution in [0.15, 0.2) is 24.3 Å². The molecule has 0 saturated carbocycles. The minimum Gasteiger partial charge on any atom is -0.341 e. The standard InChI is InChI=1S/C23H37ClN4O/c1-25(2)22-10-13-27(17-19-6-4-7-21(24)16-19)18-20(22)8-9-23(29)28-12-5-11-26(3)14-15-28/h4,6-7,16,20,22H,5,8-15,17-18H2,1-3H3/t20-,22+/m0/s1. The number of rotatable bonds is 6. The topological polar surface area (TPSA) is 30.0 Å². The highest BCUT2D eigenvalue weighted by Gasteiger charge is 2.31. The van der Waals surface area contributed by atoms with E-state index in [4.69, 9.17) is 11.6 Å². The molecule has 2 aliphatic heterocycles. The Bertz CT molecular complexity index is 668. The van der Waals surface area contributed by atoms with Crippen LogP contribution in [0.25, 0.3) is 0 Å². The maximum absolute atomic E-state index is 12.9. The van der Waals surface area contributed by atoms with Crippen molar-refractivity contribution in [3.63, 3.8) is 0 Å². The summed E-state index contributed by atoms with van der Waals surface area (Å²) in [6.07, 6.45) is 3.88. The zero-order valence-electron chi connectivity index (χ0n) is 18.3. The van der Waals surface area contributed by atoms with Gasteiger partial charge in [-0.2, -0.15) is 0 Å². The number of carbonyl (C=O) groups excluding carboxylic acids is 1. The van der Waals surface area contributed by atoms with Gasteiger partial charge in [-0.3, -0.25) is 9.69 Å². The van der Waals surface area contributed by atoms with Gasteiger partial charge in [0.15, 0.2) is 0 Å². The fraction of sp³-hybridized carbons (Fsp3) is 0.696. The van der Waals surface area contributed by atoms with Gasteiger partial charge in [-0.15, -0.1) is 0 Å². The average molecular weight is 421 g/mol. The van der Waals surface area contributed by atoms with Gasteiger partial charge >= 0.3 is 0 Å². The summed E-state index contributed by atoms with van der Waals surface area (Å²) >= 11 is 6.16. The molecule has 2 aliphatic rings. The first kappa shape index (κ1) is 22.5. The lowest BCUT2D eigenvalue weighted by Crippen LogP contribution is -2.49. The second kappa shape index (κ2) is 10.8. The van der Waals surface area contributed by atoms with Gasteiger partial charge in [0.2, 0.25) is 5.91 Å². The molecule has 1 aromatic carbocycles. The van der Waals surface area contributed by atoms with Crippen molar-refractivity contribution in [1.82, 2.24) is 19.6 Å². The minimum atomic E-state index is 0.338.